The molecule has 10 nitrogen and oxygen atoms in total. The van der Waals surface area contributed by atoms with Crippen molar-refractivity contribution in [3.8, 4) is 0 Å². The molecule has 1 aliphatic rings. The first-order valence-electron chi connectivity index (χ1n) is 11.7. The lowest BCUT2D eigenvalue weighted by Gasteiger charge is -2.31. The number of nitrogens with zero attached hydrogens (tertiary/aromatic N) is 5. The third-order valence-corrected chi connectivity index (χ3v) is 6.71. The van der Waals surface area contributed by atoms with E-state index < -0.39 is 11.9 Å². The first-order chi connectivity index (χ1) is 17.0. The number of anilines is 1. The van der Waals surface area contributed by atoms with Crippen molar-refractivity contribution >= 4 is 35.1 Å². The van der Waals surface area contributed by atoms with Crippen LogP contribution in [0.25, 0.3) is 5.65 Å². The minimum atomic E-state index is -1.11. The number of fused-ring (bicyclic) bond motifs is 1. The number of carbonyl (C=O) groups is 2. The van der Waals surface area contributed by atoms with Crippen molar-refractivity contribution in [1.29, 1.82) is 0 Å². The van der Waals surface area contributed by atoms with Crippen LogP contribution in [0.1, 0.15) is 62.0 Å². The third-order valence-electron chi connectivity index (χ3n) is 6.40. The molecule has 192 valence electrons. The van der Waals surface area contributed by atoms with Crippen molar-refractivity contribution in [1.82, 2.24) is 30.2 Å². The maximum absolute atomic E-state index is 13.9. The highest BCUT2D eigenvalue weighted by Crippen LogP contribution is 2.38. The maximum Gasteiger partial charge on any atom is 0.404 e. The topological polar surface area (TPSA) is 125 Å². The third kappa shape index (κ3) is 5.51. The van der Waals surface area contributed by atoms with E-state index in [1.54, 1.807) is 12.3 Å². The average molecular weight is 518 g/mol. The van der Waals surface area contributed by atoms with Gasteiger partial charge in [-0.1, -0.05) is 32.4 Å². The van der Waals surface area contributed by atoms with Gasteiger partial charge in [-0.2, -0.15) is 5.10 Å². The molecule has 4 heterocycles. The Morgan fingerprint density at radius 1 is 1.33 bits per heavy atom. The van der Waals surface area contributed by atoms with E-state index in [9.17, 15) is 14.0 Å². The SMILES string of the molecule is CC(C)(C)[C@@H](CCNC(=O)O)NC(=O)c1cnn2ccc(N3CCCC3c3cc(F)cnc3Cl)nc12. The van der Waals surface area contributed by atoms with Crippen LogP contribution in [0.15, 0.2) is 30.7 Å². The molecule has 3 aromatic heterocycles. The molecule has 0 saturated carbocycles. The summed E-state index contributed by atoms with van der Waals surface area (Å²) in [4.78, 5) is 34.8. The second-order valence-corrected chi connectivity index (χ2v) is 10.3. The predicted octanol–water partition coefficient (Wildman–Crippen LogP) is 4.06. The standard InChI is InChI=1S/C24H29ClFN7O3/c1-24(2,3)18(6-8-27-23(35)36)30-22(34)16-13-29-33-10-7-19(31-21(16)33)32-9-4-5-17(32)15-11-14(26)12-28-20(15)25/h7,10-13,17-18,27H,4-6,8-9H2,1-3H3,(H,30,34)(H,35,36)/t17?,18-/m1/s1. The van der Waals surface area contributed by atoms with Gasteiger partial charge in [0.05, 0.1) is 18.4 Å². The zero-order valence-electron chi connectivity index (χ0n) is 20.3. The lowest BCUT2D eigenvalue weighted by molar-refractivity contribution is 0.0899. The summed E-state index contributed by atoms with van der Waals surface area (Å²) < 4.78 is 15.4. The van der Waals surface area contributed by atoms with Gasteiger partial charge in [0.15, 0.2) is 5.65 Å². The molecule has 36 heavy (non-hydrogen) atoms. The normalized spacial score (nSPS) is 16.8. The number of rotatable bonds is 7. The number of nitrogens with one attached hydrogen (secondary N) is 2. The molecule has 2 amide bonds. The van der Waals surface area contributed by atoms with Gasteiger partial charge in [-0.05, 0) is 36.8 Å². The van der Waals surface area contributed by atoms with Crippen LogP contribution in [-0.2, 0) is 0 Å². The van der Waals surface area contributed by atoms with Crippen LogP contribution in [-0.4, -0.2) is 55.8 Å². The Hall–Kier alpha value is -3.47. The average Bonchev–Trinajstić information content (AvgIpc) is 3.46. The minimum absolute atomic E-state index is 0.192. The van der Waals surface area contributed by atoms with Crippen LogP contribution in [0.2, 0.25) is 5.15 Å². The van der Waals surface area contributed by atoms with Crippen LogP contribution in [0.5, 0.6) is 0 Å². The van der Waals surface area contributed by atoms with E-state index in [4.69, 9.17) is 21.7 Å². The molecule has 1 unspecified atom stereocenters. The Kier molecular flexibility index (Phi) is 7.30. The van der Waals surface area contributed by atoms with Crippen LogP contribution in [0, 0.1) is 11.2 Å². The smallest absolute Gasteiger partial charge is 0.404 e. The monoisotopic (exact) mass is 517 g/mol. The summed E-state index contributed by atoms with van der Waals surface area (Å²) in [6.07, 6.45) is 5.24. The van der Waals surface area contributed by atoms with E-state index in [0.717, 1.165) is 19.0 Å². The summed E-state index contributed by atoms with van der Waals surface area (Å²) in [5, 5.41) is 18.7. The van der Waals surface area contributed by atoms with Crippen molar-refractivity contribution in [2.45, 2.75) is 52.1 Å². The summed E-state index contributed by atoms with van der Waals surface area (Å²) in [5.74, 6) is -0.176. The molecule has 0 aliphatic carbocycles. The molecular formula is C24H29ClFN7O3. The van der Waals surface area contributed by atoms with E-state index in [1.807, 2.05) is 25.7 Å². The number of carboxylic acid groups (broad SMARTS) is 1. The van der Waals surface area contributed by atoms with Gasteiger partial charge >= 0.3 is 6.09 Å². The molecule has 2 atom stereocenters. The van der Waals surface area contributed by atoms with Crippen molar-refractivity contribution < 1.29 is 19.1 Å². The van der Waals surface area contributed by atoms with Gasteiger partial charge in [0.25, 0.3) is 5.91 Å². The second kappa shape index (κ2) is 10.3. The number of carbonyl (C=O) groups excluding carboxylic acids is 1. The fraction of sp³-hybridized carbons (Fsp3) is 0.458. The van der Waals surface area contributed by atoms with Crippen LogP contribution >= 0.6 is 11.6 Å². The number of aromatic nitrogens is 4. The van der Waals surface area contributed by atoms with Crippen LogP contribution < -0.4 is 15.5 Å². The van der Waals surface area contributed by atoms with E-state index >= 15 is 0 Å². The molecule has 3 N–H and O–H groups in total. The Morgan fingerprint density at radius 3 is 2.83 bits per heavy atom. The fourth-order valence-electron chi connectivity index (χ4n) is 4.50. The van der Waals surface area contributed by atoms with Gasteiger partial charge in [0, 0.05) is 30.9 Å². The molecule has 0 bridgehead atoms. The lowest BCUT2D eigenvalue weighted by Crippen LogP contribution is -2.45. The molecule has 0 spiro atoms. The molecule has 3 aromatic rings. The molecule has 1 aliphatic heterocycles. The molecule has 12 heteroatoms. The summed E-state index contributed by atoms with van der Waals surface area (Å²) in [6.45, 7) is 6.84. The second-order valence-electron chi connectivity index (χ2n) is 9.91. The van der Waals surface area contributed by atoms with Gasteiger partial charge in [0.1, 0.15) is 22.4 Å². The number of hydrogen-bond donors (Lipinski definition) is 3. The van der Waals surface area contributed by atoms with Crippen molar-refractivity contribution in [3.63, 3.8) is 0 Å². The number of amides is 2. The number of pyridine rings is 1. The van der Waals surface area contributed by atoms with Crippen LogP contribution in [0.4, 0.5) is 15.0 Å². The summed E-state index contributed by atoms with van der Waals surface area (Å²) >= 11 is 6.28. The van der Waals surface area contributed by atoms with Gasteiger partial charge in [-0.25, -0.2) is 23.7 Å². The molecule has 4 rings (SSSR count). The highest BCUT2D eigenvalue weighted by molar-refractivity contribution is 6.30. The zero-order chi connectivity index (χ0) is 26.0. The molecule has 1 fully saturated rings. The largest absolute Gasteiger partial charge is 0.465 e. The Balaban J connectivity index is 1.60. The van der Waals surface area contributed by atoms with E-state index in [0.29, 0.717) is 35.6 Å². The van der Waals surface area contributed by atoms with Crippen LogP contribution in [0.3, 0.4) is 0 Å². The minimum Gasteiger partial charge on any atom is -0.465 e. The maximum atomic E-state index is 13.9. The van der Waals surface area contributed by atoms with E-state index in [-0.39, 0.29) is 35.1 Å². The first kappa shape index (κ1) is 25.6. The lowest BCUT2D eigenvalue weighted by atomic mass is 9.84. The Morgan fingerprint density at radius 2 is 2.11 bits per heavy atom. The summed E-state index contributed by atoms with van der Waals surface area (Å²) in [6, 6.07) is 2.72. The number of hydrogen-bond acceptors (Lipinski definition) is 6. The molecule has 0 aromatic carbocycles. The van der Waals surface area contributed by atoms with Crippen molar-refractivity contribution in [3.05, 3.63) is 52.8 Å². The zero-order valence-corrected chi connectivity index (χ0v) is 21.1. The Labute approximate surface area is 212 Å². The Bertz CT molecular complexity index is 1280. The first-order valence-corrected chi connectivity index (χ1v) is 12.1. The predicted molar refractivity (Wildman–Crippen MR) is 133 cm³/mol. The van der Waals surface area contributed by atoms with Gasteiger partial charge in [-0.15, -0.1) is 0 Å². The van der Waals surface area contributed by atoms with Crippen molar-refractivity contribution in [2.24, 2.45) is 5.41 Å². The summed E-state index contributed by atoms with van der Waals surface area (Å²) in [7, 11) is 0. The molecular weight excluding hydrogens is 489 g/mol. The quantitative estimate of drug-likeness (QED) is 0.403. The number of halogens is 2. The van der Waals surface area contributed by atoms with E-state index in [2.05, 4.69) is 20.7 Å². The fourth-order valence-corrected chi connectivity index (χ4v) is 4.73. The molecule has 0 radical (unpaired) electrons. The van der Waals surface area contributed by atoms with Gasteiger partial charge in [0.2, 0.25) is 0 Å². The van der Waals surface area contributed by atoms with E-state index in [1.165, 1.54) is 16.8 Å². The molecule has 1 saturated heterocycles. The highest BCUT2D eigenvalue weighted by atomic mass is 35.5. The summed E-state index contributed by atoms with van der Waals surface area (Å²) in [5.41, 5.74) is 0.984. The van der Waals surface area contributed by atoms with Crippen molar-refractivity contribution in [2.75, 3.05) is 18.0 Å². The van der Waals surface area contributed by atoms with Gasteiger partial charge < -0.3 is 20.6 Å². The van der Waals surface area contributed by atoms with Gasteiger partial charge in [-0.3, -0.25) is 4.79 Å². The highest BCUT2D eigenvalue weighted by Gasteiger charge is 2.31.